The zero-order valence-corrected chi connectivity index (χ0v) is 22.0. The number of alkyl halides is 3. The molecule has 0 aliphatic heterocycles. The Morgan fingerprint density at radius 3 is 2.23 bits per heavy atom. The van der Waals surface area contributed by atoms with Gasteiger partial charge in [-0.2, -0.15) is 0 Å². The summed E-state index contributed by atoms with van der Waals surface area (Å²) in [6.07, 6.45) is -3.52. The first-order chi connectivity index (χ1) is 18.7. The van der Waals surface area contributed by atoms with E-state index in [-0.39, 0.29) is 12.3 Å². The van der Waals surface area contributed by atoms with Crippen molar-refractivity contribution in [1.82, 2.24) is 9.47 Å². The van der Waals surface area contributed by atoms with Crippen LogP contribution in [0, 0.1) is 0 Å². The molecular formula is C29H29F3N2O5. The van der Waals surface area contributed by atoms with Crippen molar-refractivity contribution in [3.8, 4) is 34.1 Å². The van der Waals surface area contributed by atoms with Crippen molar-refractivity contribution in [1.29, 1.82) is 0 Å². The Balaban J connectivity index is 1.84. The summed E-state index contributed by atoms with van der Waals surface area (Å²) < 4.78 is 61.7. The first-order valence-corrected chi connectivity index (χ1v) is 12.3. The maximum absolute atomic E-state index is 13.0. The smallest absolute Gasteiger partial charge is 0.493 e. The molecule has 0 saturated heterocycles. The molecule has 39 heavy (non-hydrogen) atoms. The predicted octanol–water partition coefficient (Wildman–Crippen LogP) is 7.11. The van der Waals surface area contributed by atoms with Crippen molar-refractivity contribution in [2.45, 2.75) is 26.8 Å². The van der Waals surface area contributed by atoms with E-state index < -0.39 is 12.5 Å². The number of halogens is 3. The third-order valence-electron chi connectivity index (χ3n) is 6.34. The molecule has 3 aromatic carbocycles. The van der Waals surface area contributed by atoms with Crippen molar-refractivity contribution in [2.24, 2.45) is 0 Å². The van der Waals surface area contributed by atoms with E-state index in [1.54, 1.807) is 47.5 Å². The van der Waals surface area contributed by atoms with Crippen molar-refractivity contribution in [3.63, 3.8) is 0 Å². The monoisotopic (exact) mass is 542 g/mol. The van der Waals surface area contributed by atoms with E-state index in [1.807, 2.05) is 30.5 Å². The molecule has 0 unspecified atom stereocenters. The van der Waals surface area contributed by atoms with Crippen LogP contribution in [0.2, 0.25) is 0 Å². The largest absolute Gasteiger partial charge is 0.573 e. The number of para-hydroxylation sites is 1. The van der Waals surface area contributed by atoms with Crippen molar-refractivity contribution in [3.05, 3.63) is 72.4 Å². The van der Waals surface area contributed by atoms with E-state index in [0.29, 0.717) is 47.0 Å². The Morgan fingerprint density at radius 2 is 1.56 bits per heavy atom. The summed E-state index contributed by atoms with van der Waals surface area (Å²) in [5.74, 6) is 1.10. The summed E-state index contributed by atoms with van der Waals surface area (Å²) in [7, 11) is 3.07. The number of rotatable bonds is 9. The van der Waals surface area contributed by atoms with Gasteiger partial charge < -0.3 is 28.4 Å². The molecular weight excluding hydrogens is 513 g/mol. The Kier molecular flexibility index (Phi) is 8.23. The number of methoxy groups -OCH3 is 2. The fourth-order valence-corrected chi connectivity index (χ4v) is 4.45. The number of hydrogen-bond acceptors (Lipinski definition) is 5. The highest BCUT2D eigenvalue weighted by atomic mass is 19.4. The van der Waals surface area contributed by atoms with Gasteiger partial charge in [0.1, 0.15) is 11.5 Å². The van der Waals surface area contributed by atoms with E-state index in [0.717, 1.165) is 10.9 Å². The summed E-state index contributed by atoms with van der Waals surface area (Å²) in [6, 6.07) is 16.7. The molecule has 0 N–H and O–H groups in total. The van der Waals surface area contributed by atoms with E-state index in [9.17, 15) is 18.0 Å². The molecule has 4 rings (SSSR count). The highest BCUT2D eigenvalue weighted by Gasteiger charge is 2.32. The molecule has 1 aromatic heterocycles. The lowest BCUT2D eigenvalue weighted by Gasteiger charge is -2.20. The molecule has 0 atom stereocenters. The van der Waals surface area contributed by atoms with Gasteiger partial charge in [-0.1, -0.05) is 24.3 Å². The van der Waals surface area contributed by atoms with Crippen LogP contribution in [-0.4, -0.2) is 49.2 Å². The Hall–Kier alpha value is -4.34. The average Bonchev–Trinajstić information content (AvgIpc) is 3.31. The van der Waals surface area contributed by atoms with E-state index in [2.05, 4.69) is 4.74 Å². The van der Waals surface area contributed by atoms with Crippen LogP contribution in [0.25, 0.3) is 22.0 Å². The lowest BCUT2D eigenvalue weighted by molar-refractivity contribution is -0.274. The zero-order valence-electron chi connectivity index (χ0n) is 22.0. The number of fused-ring (bicyclic) bond motifs is 1. The number of carbonyl (C=O) groups excluding carboxylic acids is 1. The van der Waals surface area contributed by atoms with Gasteiger partial charge in [-0.05, 0) is 55.8 Å². The lowest BCUT2D eigenvalue weighted by Crippen LogP contribution is -2.33. The minimum Gasteiger partial charge on any atom is -0.493 e. The number of hydrogen-bond donors (Lipinski definition) is 0. The van der Waals surface area contributed by atoms with Crippen LogP contribution >= 0.6 is 0 Å². The Bertz CT molecular complexity index is 1460. The molecule has 0 fully saturated rings. The molecule has 0 saturated carbocycles. The first-order valence-electron chi connectivity index (χ1n) is 12.3. The fourth-order valence-electron chi connectivity index (χ4n) is 4.45. The van der Waals surface area contributed by atoms with Gasteiger partial charge in [0.05, 0.1) is 20.8 Å². The van der Waals surface area contributed by atoms with Gasteiger partial charge in [0.25, 0.3) is 0 Å². The molecule has 7 nitrogen and oxygen atoms in total. The van der Waals surface area contributed by atoms with Crippen LogP contribution in [0.1, 0.15) is 19.4 Å². The quantitative estimate of drug-likeness (QED) is 0.226. The molecule has 0 radical (unpaired) electrons. The topological polar surface area (TPSA) is 62.2 Å². The lowest BCUT2D eigenvalue weighted by atomic mass is 10.00. The standard InChI is InChI=1S/C29H29F3N2O5/c1-5-33(6-2)28(35)38-25-14-12-22-21(27(25)19-11-13-24(36-3)26(17-19)37-4)15-16-34(22)18-20-9-7-8-10-23(20)39-29(30,31)32/h7-17H,5-6,18H2,1-4H3. The average molecular weight is 543 g/mol. The van der Waals surface area contributed by atoms with Crippen molar-refractivity contribution < 1.29 is 36.9 Å². The van der Waals surface area contributed by atoms with E-state index in [4.69, 9.17) is 14.2 Å². The molecule has 206 valence electrons. The zero-order chi connectivity index (χ0) is 28.2. The van der Waals surface area contributed by atoms with Crippen LogP contribution in [0.3, 0.4) is 0 Å². The van der Waals surface area contributed by atoms with Crippen molar-refractivity contribution in [2.75, 3.05) is 27.3 Å². The highest BCUT2D eigenvalue weighted by Crippen LogP contribution is 2.41. The van der Waals surface area contributed by atoms with Crippen molar-refractivity contribution >= 4 is 17.0 Å². The van der Waals surface area contributed by atoms with Gasteiger partial charge in [-0.3, -0.25) is 0 Å². The third-order valence-corrected chi connectivity index (χ3v) is 6.34. The summed E-state index contributed by atoms with van der Waals surface area (Å²) in [5, 5.41) is 0.737. The van der Waals surface area contributed by atoms with Gasteiger partial charge in [0, 0.05) is 41.3 Å². The van der Waals surface area contributed by atoms with E-state index in [1.165, 1.54) is 26.4 Å². The normalized spacial score (nSPS) is 11.4. The molecule has 0 aliphatic carbocycles. The number of aromatic nitrogens is 1. The summed E-state index contributed by atoms with van der Waals surface area (Å²) in [4.78, 5) is 14.4. The predicted molar refractivity (Wildman–Crippen MR) is 142 cm³/mol. The second kappa shape index (κ2) is 11.6. The van der Waals surface area contributed by atoms with Crippen LogP contribution in [0.5, 0.6) is 23.0 Å². The van der Waals surface area contributed by atoms with Crippen LogP contribution in [-0.2, 0) is 6.54 Å². The number of ether oxygens (including phenoxy) is 4. The van der Waals surface area contributed by atoms with Gasteiger partial charge in [0.2, 0.25) is 0 Å². The van der Waals surface area contributed by atoms with Crippen LogP contribution in [0.15, 0.2) is 66.9 Å². The number of nitrogens with zero attached hydrogens (tertiary/aromatic N) is 2. The van der Waals surface area contributed by atoms with Gasteiger partial charge in [-0.25, -0.2) is 4.79 Å². The number of benzene rings is 3. The minimum absolute atomic E-state index is 0.125. The molecule has 0 spiro atoms. The SMILES string of the molecule is CCN(CC)C(=O)Oc1ccc2c(ccn2Cc2ccccc2OC(F)(F)F)c1-c1ccc(OC)c(OC)c1. The van der Waals surface area contributed by atoms with Gasteiger partial charge in [0.15, 0.2) is 11.5 Å². The number of amides is 1. The summed E-state index contributed by atoms with van der Waals surface area (Å²) in [6.45, 7) is 4.82. The van der Waals surface area contributed by atoms with Crippen LogP contribution in [0.4, 0.5) is 18.0 Å². The third kappa shape index (κ3) is 6.05. The molecule has 4 aromatic rings. The van der Waals surface area contributed by atoms with Crippen LogP contribution < -0.4 is 18.9 Å². The Labute approximate surface area is 224 Å². The minimum atomic E-state index is -4.81. The molecule has 1 heterocycles. The van der Waals surface area contributed by atoms with E-state index >= 15 is 0 Å². The molecule has 10 heteroatoms. The second-order valence-corrected chi connectivity index (χ2v) is 8.58. The molecule has 0 aliphatic rings. The number of carbonyl (C=O) groups is 1. The maximum atomic E-state index is 13.0. The highest BCUT2D eigenvalue weighted by molar-refractivity contribution is 6.00. The maximum Gasteiger partial charge on any atom is 0.573 e. The summed E-state index contributed by atoms with van der Waals surface area (Å²) in [5.41, 5.74) is 2.42. The fraction of sp³-hybridized carbons (Fsp3) is 0.276. The molecule has 1 amide bonds. The molecule has 0 bridgehead atoms. The Morgan fingerprint density at radius 1 is 0.872 bits per heavy atom. The summed E-state index contributed by atoms with van der Waals surface area (Å²) >= 11 is 0. The second-order valence-electron chi connectivity index (χ2n) is 8.58. The first kappa shape index (κ1) is 27.7. The van der Waals surface area contributed by atoms with Gasteiger partial charge >= 0.3 is 12.5 Å². The van der Waals surface area contributed by atoms with Gasteiger partial charge in [-0.15, -0.1) is 13.2 Å².